The molecule has 37 heavy (non-hydrogen) atoms. The summed E-state index contributed by atoms with van der Waals surface area (Å²) in [6.07, 6.45) is -4.27. The van der Waals surface area contributed by atoms with Crippen molar-refractivity contribution in [1.29, 1.82) is 0 Å². The molecular weight excluding hydrogens is 489 g/mol. The Morgan fingerprint density at radius 2 is 1.46 bits per heavy atom. The van der Waals surface area contributed by atoms with Crippen molar-refractivity contribution >= 4 is 11.9 Å². The standard InChI is InChI=1S/C23H26F3NO5.C4H11N/c1-4-21(29)32-22-18(30-6-3)8-7-9-19(22)31-15-20(28)27(5-2)14-16-10-12-17(13-11-16)23(24,25)26;1-4(2,3)5/h7-13H,4-6,14-15H2,1-3H3;5H2,1-3H3. The lowest BCUT2D eigenvalue weighted by atomic mass is 10.1. The van der Waals surface area contributed by atoms with Crippen LogP contribution in [0.15, 0.2) is 42.5 Å². The Labute approximate surface area is 216 Å². The van der Waals surface area contributed by atoms with Crippen LogP contribution in [0.5, 0.6) is 17.2 Å². The number of esters is 1. The smallest absolute Gasteiger partial charge is 0.416 e. The van der Waals surface area contributed by atoms with Gasteiger partial charge in [0.1, 0.15) is 0 Å². The summed E-state index contributed by atoms with van der Waals surface area (Å²) in [5.41, 5.74) is 5.17. The van der Waals surface area contributed by atoms with Crippen LogP contribution in [0.25, 0.3) is 0 Å². The first-order valence-corrected chi connectivity index (χ1v) is 12.0. The first-order valence-electron chi connectivity index (χ1n) is 12.0. The molecule has 0 heterocycles. The molecule has 7 nitrogen and oxygen atoms in total. The lowest BCUT2D eigenvalue weighted by Gasteiger charge is -2.22. The number of halogens is 3. The van der Waals surface area contributed by atoms with Crippen LogP contribution in [-0.4, -0.2) is 42.1 Å². The highest BCUT2D eigenvalue weighted by Gasteiger charge is 2.30. The summed E-state index contributed by atoms with van der Waals surface area (Å²) in [5, 5.41) is 0. The maximum atomic E-state index is 12.7. The zero-order chi connectivity index (χ0) is 28.2. The van der Waals surface area contributed by atoms with Crippen LogP contribution >= 0.6 is 0 Å². The molecule has 10 heteroatoms. The minimum atomic E-state index is -4.42. The second-order valence-electron chi connectivity index (χ2n) is 9.10. The molecule has 2 aromatic rings. The van der Waals surface area contributed by atoms with Gasteiger partial charge in [-0.25, -0.2) is 0 Å². The third-order valence-electron chi connectivity index (χ3n) is 4.49. The average molecular weight is 527 g/mol. The normalized spacial score (nSPS) is 11.2. The number of nitrogens with two attached hydrogens (primary N) is 1. The van der Waals surface area contributed by atoms with Crippen molar-refractivity contribution in [2.75, 3.05) is 19.8 Å². The van der Waals surface area contributed by atoms with E-state index in [0.29, 0.717) is 24.5 Å². The van der Waals surface area contributed by atoms with Gasteiger partial charge in [0, 0.05) is 25.0 Å². The number of carbonyl (C=O) groups excluding carboxylic acids is 2. The molecule has 0 bridgehead atoms. The number of benzene rings is 2. The molecule has 0 spiro atoms. The summed E-state index contributed by atoms with van der Waals surface area (Å²) in [4.78, 5) is 25.9. The van der Waals surface area contributed by atoms with E-state index in [9.17, 15) is 22.8 Å². The number of ether oxygens (including phenoxy) is 3. The van der Waals surface area contributed by atoms with Crippen LogP contribution in [-0.2, 0) is 22.3 Å². The fraction of sp³-hybridized carbons (Fsp3) is 0.481. The van der Waals surface area contributed by atoms with Crippen LogP contribution in [0, 0.1) is 0 Å². The number of rotatable bonds is 10. The minimum absolute atomic E-state index is 0. The Morgan fingerprint density at radius 1 is 0.919 bits per heavy atom. The van der Waals surface area contributed by atoms with Crippen LogP contribution in [0.1, 0.15) is 59.1 Å². The van der Waals surface area contributed by atoms with E-state index in [4.69, 9.17) is 19.9 Å². The van der Waals surface area contributed by atoms with Gasteiger partial charge in [-0.05, 0) is 64.4 Å². The van der Waals surface area contributed by atoms with E-state index in [1.165, 1.54) is 17.0 Å². The molecule has 2 N–H and O–H groups in total. The molecule has 0 aromatic heterocycles. The summed E-state index contributed by atoms with van der Waals surface area (Å²) < 4.78 is 54.6. The van der Waals surface area contributed by atoms with Gasteiger partial charge in [-0.15, -0.1) is 0 Å². The molecule has 0 aliphatic rings. The quantitative estimate of drug-likeness (QED) is 0.321. The molecule has 0 unspecified atom stereocenters. The molecule has 0 atom stereocenters. The average Bonchev–Trinajstić information content (AvgIpc) is 2.81. The maximum absolute atomic E-state index is 12.7. The van der Waals surface area contributed by atoms with Crippen LogP contribution in [0.2, 0.25) is 0 Å². The molecule has 0 aliphatic carbocycles. The van der Waals surface area contributed by atoms with Crippen molar-refractivity contribution in [3.63, 3.8) is 0 Å². The van der Waals surface area contributed by atoms with Gasteiger partial charge in [0.25, 0.3) is 5.91 Å². The fourth-order valence-corrected chi connectivity index (χ4v) is 2.79. The van der Waals surface area contributed by atoms with Crippen LogP contribution in [0.4, 0.5) is 13.2 Å². The topological polar surface area (TPSA) is 91.1 Å². The number of alkyl halides is 3. The van der Waals surface area contributed by atoms with Gasteiger partial charge in [0.05, 0.1) is 12.2 Å². The Kier molecular flexibility index (Phi) is 12.4. The molecule has 0 radical (unpaired) electrons. The highest BCUT2D eigenvalue weighted by atomic mass is 19.4. The van der Waals surface area contributed by atoms with Gasteiger partial charge in [-0.3, -0.25) is 9.59 Å². The molecule has 0 saturated heterocycles. The third-order valence-corrected chi connectivity index (χ3v) is 4.49. The molecule has 2 aromatic carbocycles. The summed E-state index contributed by atoms with van der Waals surface area (Å²) in [6, 6.07) is 9.48. The number of hydrogen-bond donors (Lipinski definition) is 1. The Hall–Kier alpha value is -3.27. The number of para-hydroxylation sites is 1. The summed E-state index contributed by atoms with van der Waals surface area (Å²) in [5.74, 6) is -0.263. The molecule has 0 saturated carbocycles. The van der Waals surface area contributed by atoms with Crippen molar-refractivity contribution in [3.05, 3.63) is 53.6 Å². The SMILES string of the molecule is CC(C)(C)N.CCOc1cccc(OCC(=O)N(CC)Cc2ccc(C(F)(F)F)cc2)c1OC(=O)CC. The summed E-state index contributed by atoms with van der Waals surface area (Å²) in [7, 11) is 0. The van der Waals surface area contributed by atoms with Gasteiger partial charge in [0.2, 0.25) is 5.75 Å². The van der Waals surface area contributed by atoms with E-state index in [1.54, 1.807) is 39.0 Å². The Morgan fingerprint density at radius 3 is 1.92 bits per heavy atom. The highest BCUT2D eigenvalue weighted by molar-refractivity contribution is 5.78. The second kappa shape index (κ2) is 14.5. The Bertz CT molecular complexity index is 997. The van der Waals surface area contributed by atoms with E-state index in [1.807, 2.05) is 20.8 Å². The minimum Gasteiger partial charge on any atom is -0.490 e. The molecular formula is C27H37F3N2O5. The van der Waals surface area contributed by atoms with Gasteiger partial charge in [0.15, 0.2) is 18.1 Å². The van der Waals surface area contributed by atoms with E-state index in [-0.39, 0.29) is 42.5 Å². The Balaban J connectivity index is 0.00000124. The first-order chi connectivity index (χ1) is 17.2. The van der Waals surface area contributed by atoms with Crippen LogP contribution in [0.3, 0.4) is 0 Å². The number of nitrogens with zero attached hydrogens (tertiary/aromatic N) is 1. The first kappa shape index (κ1) is 31.8. The van der Waals surface area contributed by atoms with Gasteiger partial charge < -0.3 is 24.8 Å². The maximum Gasteiger partial charge on any atom is 0.416 e. The second-order valence-corrected chi connectivity index (χ2v) is 9.10. The molecule has 0 fully saturated rings. The highest BCUT2D eigenvalue weighted by Crippen LogP contribution is 2.37. The molecule has 2 rings (SSSR count). The summed E-state index contributed by atoms with van der Waals surface area (Å²) in [6.45, 7) is 11.5. The van der Waals surface area contributed by atoms with Crippen molar-refractivity contribution < 1.29 is 37.0 Å². The molecule has 1 amide bonds. The number of likely N-dealkylation sites (N-methyl/N-ethyl adjacent to an activating group) is 1. The van der Waals surface area contributed by atoms with Gasteiger partial charge in [-0.2, -0.15) is 13.2 Å². The van der Waals surface area contributed by atoms with E-state index in [0.717, 1.165) is 12.1 Å². The monoisotopic (exact) mass is 526 g/mol. The predicted octanol–water partition coefficient (Wildman–Crippen LogP) is 5.59. The van der Waals surface area contributed by atoms with Gasteiger partial charge >= 0.3 is 12.1 Å². The van der Waals surface area contributed by atoms with E-state index >= 15 is 0 Å². The molecule has 0 aliphatic heterocycles. The zero-order valence-electron chi connectivity index (χ0n) is 22.3. The lowest BCUT2D eigenvalue weighted by Crippen LogP contribution is -2.34. The van der Waals surface area contributed by atoms with Gasteiger partial charge in [-0.1, -0.05) is 25.1 Å². The van der Waals surface area contributed by atoms with Crippen molar-refractivity contribution in [1.82, 2.24) is 4.90 Å². The lowest BCUT2D eigenvalue weighted by molar-refractivity contribution is -0.138. The van der Waals surface area contributed by atoms with Crippen molar-refractivity contribution in [2.45, 2.75) is 66.2 Å². The number of amides is 1. The van der Waals surface area contributed by atoms with Crippen molar-refractivity contribution in [3.8, 4) is 17.2 Å². The summed E-state index contributed by atoms with van der Waals surface area (Å²) >= 11 is 0. The van der Waals surface area contributed by atoms with Crippen molar-refractivity contribution in [2.24, 2.45) is 5.73 Å². The van der Waals surface area contributed by atoms with E-state index in [2.05, 4.69) is 0 Å². The largest absolute Gasteiger partial charge is 0.490 e. The van der Waals surface area contributed by atoms with Crippen LogP contribution < -0.4 is 19.9 Å². The fourth-order valence-electron chi connectivity index (χ4n) is 2.79. The number of carbonyl (C=O) groups is 2. The third kappa shape index (κ3) is 12.0. The predicted molar refractivity (Wildman–Crippen MR) is 136 cm³/mol. The van der Waals surface area contributed by atoms with E-state index < -0.39 is 17.7 Å². The molecule has 206 valence electrons. The zero-order valence-corrected chi connectivity index (χ0v) is 22.3. The number of hydrogen-bond acceptors (Lipinski definition) is 6.